The molecule has 0 atom stereocenters. The average molecular weight is 422 g/mol. The second-order valence-electron chi connectivity index (χ2n) is 6.86. The third-order valence-corrected chi connectivity index (χ3v) is 3.82. The zero-order chi connectivity index (χ0) is 21.4. The molecular weight excluding hydrogens is 390 g/mol. The largest absolute Gasteiger partial charge is 0.471 e. The molecule has 1 aromatic rings. The van der Waals surface area contributed by atoms with Crippen LogP contribution in [0.4, 0.5) is 0 Å². The molecule has 0 bridgehead atoms. The van der Waals surface area contributed by atoms with Crippen molar-refractivity contribution in [2.24, 2.45) is 0 Å². The van der Waals surface area contributed by atoms with Crippen LogP contribution in [0.5, 0.6) is 11.8 Å². The van der Waals surface area contributed by atoms with E-state index in [-0.39, 0.29) is 17.9 Å². The SMILES string of the molecule is CCOC(OCC)c1cc(OC(C)(C)CCOC(C)C)nc(OS(=O)(=O)O)c1. The smallest absolute Gasteiger partial charge is 0.447 e. The lowest BCUT2D eigenvalue weighted by molar-refractivity contribution is -0.140. The Morgan fingerprint density at radius 2 is 1.64 bits per heavy atom. The lowest BCUT2D eigenvalue weighted by atomic mass is 10.1. The number of rotatable bonds is 13. The molecule has 1 N–H and O–H groups in total. The van der Waals surface area contributed by atoms with Gasteiger partial charge in [-0.3, -0.25) is 4.55 Å². The Kier molecular flexibility index (Phi) is 9.58. The van der Waals surface area contributed by atoms with Crippen LogP contribution in [0, 0.1) is 0 Å². The van der Waals surface area contributed by atoms with E-state index in [0.717, 1.165) is 0 Å². The highest BCUT2D eigenvalue weighted by molar-refractivity contribution is 7.81. The number of ether oxygens (including phenoxy) is 4. The van der Waals surface area contributed by atoms with Crippen LogP contribution in [0.1, 0.15) is 59.8 Å². The van der Waals surface area contributed by atoms with E-state index >= 15 is 0 Å². The molecule has 0 amide bonds. The normalized spacial score (nSPS) is 12.6. The quantitative estimate of drug-likeness (QED) is 0.378. The molecule has 162 valence electrons. The summed E-state index contributed by atoms with van der Waals surface area (Å²) in [5.74, 6) is -0.247. The summed E-state index contributed by atoms with van der Waals surface area (Å²) < 4.78 is 58.3. The first kappa shape index (κ1) is 24.6. The minimum absolute atomic E-state index is 0.102. The Morgan fingerprint density at radius 1 is 1.07 bits per heavy atom. The molecule has 0 unspecified atom stereocenters. The van der Waals surface area contributed by atoms with E-state index in [1.165, 1.54) is 6.07 Å². The van der Waals surface area contributed by atoms with E-state index in [1.54, 1.807) is 19.9 Å². The highest BCUT2D eigenvalue weighted by Gasteiger charge is 2.24. The summed E-state index contributed by atoms with van der Waals surface area (Å²) in [5.41, 5.74) is -0.204. The predicted molar refractivity (Wildman–Crippen MR) is 103 cm³/mol. The third kappa shape index (κ3) is 9.65. The maximum atomic E-state index is 11.1. The Balaban J connectivity index is 3.14. The van der Waals surface area contributed by atoms with Crippen molar-refractivity contribution < 1.29 is 36.1 Å². The van der Waals surface area contributed by atoms with Gasteiger partial charge in [0.05, 0.1) is 12.7 Å². The fraction of sp³-hybridized carbons (Fsp3) is 0.722. The van der Waals surface area contributed by atoms with E-state index in [9.17, 15) is 8.42 Å². The molecular formula is C18H31NO8S. The van der Waals surface area contributed by atoms with Gasteiger partial charge in [0.2, 0.25) is 11.8 Å². The van der Waals surface area contributed by atoms with Gasteiger partial charge >= 0.3 is 10.4 Å². The molecule has 0 saturated heterocycles. The summed E-state index contributed by atoms with van der Waals surface area (Å²) in [6.45, 7) is 12.4. The van der Waals surface area contributed by atoms with Crippen LogP contribution < -0.4 is 8.92 Å². The molecule has 0 radical (unpaired) electrons. The number of aromatic nitrogens is 1. The van der Waals surface area contributed by atoms with Crippen LogP contribution in [-0.2, 0) is 24.6 Å². The van der Waals surface area contributed by atoms with E-state index in [0.29, 0.717) is 31.8 Å². The van der Waals surface area contributed by atoms with Gasteiger partial charge in [0.15, 0.2) is 6.29 Å². The predicted octanol–water partition coefficient (Wildman–Crippen LogP) is 3.31. The van der Waals surface area contributed by atoms with E-state index < -0.39 is 22.3 Å². The van der Waals surface area contributed by atoms with Crippen LogP contribution in [0.15, 0.2) is 12.1 Å². The molecule has 0 aliphatic heterocycles. The first-order valence-electron chi connectivity index (χ1n) is 9.18. The van der Waals surface area contributed by atoms with Gasteiger partial charge in [-0.15, -0.1) is 0 Å². The monoisotopic (exact) mass is 421 g/mol. The maximum Gasteiger partial charge on any atom is 0.447 e. The Bertz CT molecular complexity index is 700. The van der Waals surface area contributed by atoms with Gasteiger partial charge in [-0.25, -0.2) is 0 Å². The fourth-order valence-electron chi connectivity index (χ4n) is 2.26. The van der Waals surface area contributed by atoms with Gasteiger partial charge in [-0.05, 0) is 41.5 Å². The van der Waals surface area contributed by atoms with Crippen molar-refractivity contribution >= 4 is 10.4 Å². The number of nitrogens with zero attached hydrogens (tertiary/aromatic N) is 1. The van der Waals surface area contributed by atoms with Crippen LogP contribution in [0.3, 0.4) is 0 Å². The van der Waals surface area contributed by atoms with E-state index in [2.05, 4.69) is 9.17 Å². The average Bonchev–Trinajstić information content (AvgIpc) is 2.51. The zero-order valence-corrected chi connectivity index (χ0v) is 18.1. The Hall–Kier alpha value is -1.46. The van der Waals surface area contributed by atoms with Crippen LogP contribution in [0.2, 0.25) is 0 Å². The fourth-order valence-corrected chi connectivity index (χ4v) is 2.56. The molecule has 1 heterocycles. The molecule has 0 aliphatic carbocycles. The van der Waals surface area contributed by atoms with Crippen molar-refractivity contribution in [2.45, 2.75) is 66.0 Å². The van der Waals surface area contributed by atoms with Gasteiger partial charge in [0.1, 0.15) is 5.60 Å². The van der Waals surface area contributed by atoms with Crippen molar-refractivity contribution in [3.63, 3.8) is 0 Å². The van der Waals surface area contributed by atoms with E-state index in [4.69, 9.17) is 23.5 Å². The van der Waals surface area contributed by atoms with Gasteiger partial charge in [-0.1, -0.05) is 0 Å². The van der Waals surface area contributed by atoms with Crippen LogP contribution >= 0.6 is 0 Å². The summed E-state index contributed by atoms with van der Waals surface area (Å²) >= 11 is 0. The first-order chi connectivity index (χ1) is 13.0. The highest BCUT2D eigenvalue weighted by Crippen LogP contribution is 2.29. The molecule has 1 aromatic heterocycles. The summed E-state index contributed by atoms with van der Waals surface area (Å²) in [4.78, 5) is 4.01. The lowest BCUT2D eigenvalue weighted by Crippen LogP contribution is -2.31. The summed E-state index contributed by atoms with van der Waals surface area (Å²) in [5, 5.41) is 0. The van der Waals surface area contributed by atoms with Crippen molar-refractivity contribution in [1.82, 2.24) is 4.98 Å². The minimum Gasteiger partial charge on any atom is -0.471 e. The van der Waals surface area contributed by atoms with Crippen molar-refractivity contribution in [1.29, 1.82) is 0 Å². The third-order valence-electron chi connectivity index (χ3n) is 3.44. The molecule has 10 heteroatoms. The summed E-state index contributed by atoms with van der Waals surface area (Å²) in [6, 6.07) is 2.89. The van der Waals surface area contributed by atoms with Gasteiger partial charge in [-0.2, -0.15) is 13.4 Å². The Morgan fingerprint density at radius 3 is 2.14 bits per heavy atom. The van der Waals surface area contributed by atoms with Crippen LogP contribution in [0.25, 0.3) is 0 Å². The molecule has 0 aromatic carbocycles. The topological polar surface area (TPSA) is 113 Å². The summed E-state index contributed by atoms with van der Waals surface area (Å²) in [6.07, 6.45) is -0.0898. The van der Waals surface area contributed by atoms with Crippen molar-refractivity contribution in [3.8, 4) is 11.8 Å². The molecule has 0 aliphatic rings. The first-order valence-corrected chi connectivity index (χ1v) is 10.5. The van der Waals surface area contributed by atoms with Gasteiger partial charge in [0, 0.05) is 37.3 Å². The van der Waals surface area contributed by atoms with Crippen LogP contribution in [-0.4, -0.2) is 49.5 Å². The molecule has 1 rings (SSSR count). The maximum absolute atomic E-state index is 11.1. The molecule has 0 spiro atoms. The number of pyridine rings is 1. The number of hydrogen-bond acceptors (Lipinski definition) is 8. The second-order valence-corrected chi connectivity index (χ2v) is 7.88. The summed E-state index contributed by atoms with van der Waals surface area (Å²) in [7, 11) is -4.75. The van der Waals surface area contributed by atoms with E-state index in [1.807, 2.05) is 27.7 Å². The van der Waals surface area contributed by atoms with Crippen molar-refractivity contribution in [2.75, 3.05) is 19.8 Å². The van der Waals surface area contributed by atoms with Crippen molar-refractivity contribution in [3.05, 3.63) is 17.7 Å². The molecule has 28 heavy (non-hydrogen) atoms. The van der Waals surface area contributed by atoms with Gasteiger partial charge in [0.25, 0.3) is 0 Å². The zero-order valence-electron chi connectivity index (χ0n) is 17.3. The Labute approximate surface area is 167 Å². The molecule has 0 saturated carbocycles. The second kappa shape index (κ2) is 10.9. The molecule has 9 nitrogen and oxygen atoms in total. The standard InChI is InChI=1S/C18H31NO8S/c1-7-23-17(24-8-2)14-11-15(19-16(12-14)27-28(20,21)22)26-18(5,6)9-10-25-13(3)4/h11-13,17H,7-10H2,1-6H3,(H,20,21,22). The van der Waals surface area contributed by atoms with Gasteiger partial charge < -0.3 is 23.1 Å². The molecule has 0 fully saturated rings. The highest BCUT2D eigenvalue weighted by atomic mass is 32.3. The lowest BCUT2D eigenvalue weighted by Gasteiger charge is -2.27. The number of hydrogen-bond donors (Lipinski definition) is 1. The minimum atomic E-state index is -4.75.